The Balaban J connectivity index is 2.13. The van der Waals surface area contributed by atoms with Gasteiger partial charge in [-0.3, -0.25) is 4.99 Å². The van der Waals surface area contributed by atoms with Gasteiger partial charge < -0.3 is 15.6 Å². The van der Waals surface area contributed by atoms with Gasteiger partial charge in [0, 0.05) is 7.05 Å². The molecule has 1 aliphatic rings. The maximum absolute atomic E-state index is 9.64. The molecule has 0 aliphatic heterocycles. The Morgan fingerprint density at radius 3 is 2.70 bits per heavy atom. The Morgan fingerprint density at radius 2 is 2.09 bits per heavy atom. The van der Waals surface area contributed by atoms with E-state index in [9.17, 15) is 5.11 Å². The summed E-state index contributed by atoms with van der Waals surface area (Å²) in [5.41, 5.74) is 9.56. The number of nitrogens with two attached hydrogens (primary N) is 1. The van der Waals surface area contributed by atoms with Crippen molar-refractivity contribution in [3.05, 3.63) is 59.7 Å². The summed E-state index contributed by atoms with van der Waals surface area (Å²) in [4.78, 5) is 4.14. The third-order valence-electron chi connectivity index (χ3n) is 3.82. The highest BCUT2D eigenvalue weighted by Crippen LogP contribution is 2.29. The summed E-state index contributed by atoms with van der Waals surface area (Å²) in [6.07, 6.45) is 7.82. The third kappa shape index (κ3) is 4.65. The van der Waals surface area contributed by atoms with Crippen LogP contribution in [-0.4, -0.2) is 30.7 Å². The molecule has 4 heteroatoms. The van der Waals surface area contributed by atoms with E-state index in [1.807, 2.05) is 24.3 Å². The van der Waals surface area contributed by atoms with Crippen LogP contribution in [0, 0.1) is 0 Å². The van der Waals surface area contributed by atoms with Gasteiger partial charge in [-0.15, -0.1) is 0 Å². The number of nitrogens with zero attached hydrogens (tertiary/aromatic N) is 1. The standard InChI is InChI=1S/C19H24N2O2/c1-3-13-23-16-11-8-14(9-12-16)7-10-15-5-4-6-17(15)18(21-2)19(20)22/h3,7-12,19,22H,1,4-6,13,20H2,2H3/b10-7+,21-18?. The topological polar surface area (TPSA) is 67.8 Å². The van der Waals surface area contributed by atoms with Crippen molar-refractivity contribution < 1.29 is 9.84 Å². The molecule has 0 amide bonds. The highest BCUT2D eigenvalue weighted by molar-refractivity contribution is 6.04. The van der Waals surface area contributed by atoms with Crippen LogP contribution in [0.3, 0.4) is 0 Å². The second-order valence-corrected chi connectivity index (χ2v) is 5.41. The van der Waals surface area contributed by atoms with E-state index in [4.69, 9.17) is 10.5 Å². The van der Waals surface area contributed by atoms with Gasteiger partial charge in [0.2, 0.25) is 0 Å². The van der Waals surface area contributed by atoms with Gasteiger partial charge in [0.1, 0.15) is 18.6 Å². The SMILES string of the molecule is C=CCOc1ccc(/C=C/C2=C(C(=NC)C(N)O)CCC2)cc1. The minimum atomic E-state index is -1.02. The molecule has 0 heterocycles. The van der Waals surface area contributed by atoms with Crippen molar-refractivity contribution in [2.45, 2.75) is 25.5 Å². The van der Waals surface area contributed by atoms with Crippen molar-refractivity contribution in [2.24, 2.45) is 10.7 Å². The lowest BCUT2D eigenvalue weighted by molar-refractivity contribution is 0.250. The Morgan fingerprint density at radius 1 is 1.35 bits per heavy atom. The van der Waals surface area contributed by atoms with E-state index in [2.05, 4.69) is 23.7 Å². The second-order valence-electron chi connectivity index (χ2n) is 5.41. The van der Waals surface area contributed by atoms with Crippen LogP contribution in [0.25, 0.3) is 6.08 Å². The van der Waals surface area contributed by atoms with Crippen LogP contribution < -0.4 is 10.5 Å². The van der Waals surface area contributed by atoms with E-state index in [0.29, 0.717) is 12.3 Å². The lowest BCUT2D eigenvalue weighted by Crippen LogP contribution is -2.31. The molecule has 0 radical (unpaired) electrons. The Hall–Kier alpha value is -2.17. The second kappa shape index (κ2) is 8.46. The van der Waals surface area contributed by atoms with Gasteiger partial charge in [0.05, 0.1) is 5.71 Å². The van der Waals surface area contributed by atoms with Gasteiger partial charge in [-0.1, -0.05) is 36.9 Å². The van der Waals surface area contributed by atoms with Crippen LogP contribution in [0.4, 0.5) is 0 Å². The molecule has 1 aliphatic carbocycles. The summed E-state index contributed by atoms with van der Waals surface area (Å²) >= 11 is 0. The zero-order valence-corrected chi connectivity index (χ0v) is 13.5. The van der Waals surface area contributed by atoms with Crippen molar-refractivity contribution in [2.75, 3.05) is 13.7 Å². The molecule has 0 saturated heterocycles. The molecule has 23 heavy (non-hydrogen) atoms. The Kier molecular flexibility index (Phi) is 6.32. The summed E-state index contributed by atoms with van der Waals surface area (Å²) in [7, 11) is 1.67. The number of rotatable bonds is 7. The number of aliphatic hydroxyl groups excluding tert-OH is 1. The van der Waals surface area contributed by atoms with E-state index in [1.54, 1.807) is 13.1 Å². The summed E-state index contributed by atoms with van der Waals surface area (Å²) < 4.78 is 5.47. The summed E-state index contributed by atoms with van der Waals surface area (Å²) in [5, 5.41) is 9.64. The summed E-state index contributed by atoms with van der Waals surface area (Å²) in [6, 6.07) is 7.90. The van der Waals surface area contributed by atoms with E-state index < -0.39 is 6.23 Å². The number of ether oxygens (including phenoxy) is 1. The first-order valence-corrected chi connectivity index (χ1v) is 7.80. The quantitative estimate of drug-likeness (QED) is 0.462. The maximum Gasteiger partial charge on any atom is 0.145 e. The molecular formula is C19H24N2O2. The van der Waals surface area contributed by atoms with Crippen LogP contribution in [0.2, 0.25) is 0 Å². The van der Waals surface area contributed by atoms with Gasteiger partial charge in [0.25, 0.3) is 0 Å². The van der Waals surface area contributed by atoms with Crippen molar-refractivity contribution in [3.63, 3.8) is 0 Å². The van der Waals surface area contributed by atoms with Crippen molar-refractivity contribution in [1.29, 1.82) is 0 Å². The molecular weight excluding hydrogens is 288 g/mol. The van der Waals surface area contributed by atoms with E-state index in [0.717, 1.165) is 36.1 Å². The molecule has 0 fully saturated rings. The van der Waals surface area contributed by atoms with Crippen LogP contribution in [0.1, 0.15) is 24.8 Å². The fourth-order valence-electron chi connectivity index (χ4n) is 2.72. The Bertz CT molecular complexity index is 625. The highest BCUT2D eigenvalue weighted by Gasteiger charge is 2.20. The average Bonchev–Trinajstić information content (AvgIpc) is 3.00. The lowest BCUT2D eigenvalue weighted by Gasteiger charge is -2.11. The molecule has 1 unspecified atom stereocenters. The first kappa shape index (κ1) is 17.2. The van der Waals surface area contributed by atoms with E-state index in [1.165, 1.54) is 5.57 Å². The zero-order chi connectivity index (χ0) is 16.7. The van der Waals surface area contributed by atoms with Gasteiger partial charge >= 0.3 is 0 Å². The molecule has 2 rings (SSSR count). The van der Waals surface area contributed by atoms with Crippen LogP contribution in [0.15, 0.2) is 59.1 Å². The van der Waals surface area contributed by atoms with Crippen molar-refractivity contribution in [3.8, 4) is 5.75 Å². The zero-order valence-electron chi connectivity index (χ0n) is 13.5. The lowest BCUT2D eigenvalue weighted by atomic mass is 10.0. The number of aliphatic hydroxyl groups is 1. The van der Waals surface area contributed by atoms with Gasteiger partial charge in [-0.25, -0.2) is 0 Å². The van der Waals surface area contributed by atoms with Crippen LogP contribution >= 0.6 is 0 Å². The average molecular weight is 312 g/mol. The molecule has 4 nitrogen and oxygen atoms in total. The first-order valence-electron chi connectivity index (χ1n) is 7.80. The van der Waals surface area contributed by atoms with Crippen molar-refractivity contribution in [1.82, 2.24) is 0 Å². The minimum Gasteiger partial charge on any atom is -0.490 e. The molecule has 1 atom stereocenters. The largest absolute Gasteiger partial charge is 0.490 e. The first-order chi connectivity index (χ1) is 11.2. The monoisotopic (exact) mass is 312 g/mol. The molecule has 3 N–H and O–H groups in total. The van der Waals surface area contributed by atoms with E-state index >= 15 is 0 Å². The molecule has 0 bridgehead atoms. The van der Waals surface area contributed by atoms with Crippen LogP contribution in [-0.2, 0) is 0 Å². The predicted molar refractivity (Wildman–Crippen MR) is 95.6 cm³/mol. The van der Waals surface area contributed by atoms with E-state index in [-0.39, 0.29) is 0 Å². The van der Waals surface area contributed by atoms with Gasteiger partial charge in [-0.2, -0.15) is 0 Å². The number of benzene rings is 1. The Labute approximate surface area is 137 Å². The molecule has 1 aromatic carbocycles. The number of hydrogen-bond acceptors (Lipinski definition) is 4. The fourth-order valence-corrected chi connectivity index (χ4v) is 2.72. The number of allylic oxidation sites excluding steroid dienone is 2. The molecule has 0 spiro atoms. The predicted octanol–water partition coefficient (Wildman–Crippen LogP) is 3.09. The number of aliphatic imine (C=N–C) groups is 1. The van der Waals surface area contributed by atoms with Gasteiger partial charge in [-0.05, 0) is 48.1 Å². The highest BCUT2D eigenvalue weighted by atomic mass is 16.5. The third-order valence-corrected chi connectivity index (χ3v) is 3.82. The normalized spacial score (nSPS) is 16.9. The van der Waals surface area contributed by atoms with Crippen molar-refractivity contribution >= 4 is 11.8 Å². The van der Waals surface area contributed by atoms with Crippen LogP contribution in [0.5, 0.6) is 5.75 Å². The number of hydrogen-bond donors (Lipinski definition) is 2. The molecule has 1 aromatic rings. The summed E-state index contributed by atoms with van der Waals surface area (Å²) in [6.45, 7) is 4.14. The molecule has 0 saturated carbocycles. The molecule has 122 valence electrons. The minimum absolute atomic E-state index is 0.506. The maximum atomic E-state index is 9.64. The van der Waals surface area contributed by atoms with Gasteiger partial charge in [0.15, 0.2) is 0 Å². The smallest absolute Gasteiger partial charge is 0.145 e. The summed E-state index contributed by atoms with van der Waals surface area (Å²) in [5.74, 6) is 0.828. The fraction of sp³-hybridized carbons (Fsp3) is 0.316. The molecule has 0 aromatic heterocycles.